The summed E-state index contributed by atoms with van der Waals surface area (Å²) in [6.45, 7) is 2.42. The van der Waals surface area contributed by atoms with Gasteiger partial charge in [0.25, 0.3) is 5.91 Å². The van der Waals surface area contributed by atoms with Gasteiger partial charge in [-0.05, 0) is 31.0 Å². The third-order valence-corrected chi connectivity index (χ3v) is 3.12. The van der Waals surface area contributed by atoms with Crippen LogP contribution in [0.5, 0.6) is 0 Å². The lowest BCUT2D eigenvalue weighted by molar-refractivity contribution is 0.0953. The highest BCUT2D eigenvalue weighted by molar-refractivity contribution is 6.30. The van der Waals surface area contributed by atoms with Crippen molar-refractivity contribution in [2.75, 3.05) is 6.54 Å². The molecule has 1 aromatic heterocycles. The number of hydrogen-bond donors (Lipinski definition) is 1. The van der Waals surface area contributed by atoms with E-state index in [0.29, 0.717) is 12.1 Å². The molecule has 0 radical (unpaired) electrons. The van der Waals surface area contributed by atoms with Crippen molar-refractivity contribution in [3.8, 4) is 0 Å². The minimum absolute atomic E-state index is 0.0837. The smallest absolute Gasteiger partial charge is 0.254 e. The van der Waals surface area contributed by atoms with E-state index in [1.165, 1.54) is 0 Å². The molecular weight excluding hydrogens is 262 g/mol. The topological polar surface area (TPSA) is 46.9 Å². The van der Waals surface area contributed by atoms with E-state index in [9.17, 15) is 4.79 Å². The molecule has 0 saturated heterocycles. The number of amides is 1. The van der Waals surface area contributed by atoms with Crippen molar-refractivity contribution in [1.29, 1.82) is 0 Å². The summed E-state index contributed by atoms with van der Waals surface area (Å²) in [6, 6.07) is 7.63. The van der Waals surface area contributed by atoms with Gasteiger partial charge in [-0.1, -0.05) is 23.7 Å². The number of halogens is 1. The Morgan fingerprint density at radius 1 is 1.37 bits per heavy atom. The van der Waals surface area contributed by atoms with Crippen LogP contribution < -0.4 is 5.32 Å². The monoisotopic (exact) mass is 277 g/mol. The number of carbonyl (C=O) groups excluding carboxylic acids is 1. The Labute approximate surface area is 117 Å². The average Bonchev–Trinajstić information content (AvgIpc) is 2.71. The third kappa shape index (κ3) is 3.58. The van der Waals surface area contributed by atoms with Gasteiger partial charge >= 0.3 is 0 Å². The number of nitrogens with zero attached hydrogens (tertiary/aromatic N) is 2. The quantitative estimate of drug-likeness (QED) is 0.932. The summed E-state index contributed by atoms with van der Waals surface area (Å²) in [5, 5.41) is 7.76. The second-order valence-corrected chi connectivity index (χ2v) is 4.87. The summed E-state index contributed by atoms with van der Waals surface area (Å²) >= 11 is 5.82. The highest BCUT2D eigenvalue weighted by Gasteiger charge is 2.11. The van der Waals surface area contributed by atoms with Crippen molar-refractivity contribution >= 4 is 17.5 Å². The Balaban J connectivity index is 1.87. The minimum atomic E-state index is -0.0837. The van der Waals surface area contributed by atoms with E-state index in [0.717, 1.165) is 22.7 Å². The van der Waals surface area contributed by atoms with E-state index in [4.69, 9.17) is 11.6 Å². The van der Waals surface area contributed by atoms with E-state index in [-0.39, 0.29) is 5.91 Å². The van der Waals surface area contributed by atoms with E-state index in [1.54, 1.807) is 17.9 Å². The molecule has 1 aromatic carbocycles. The highest BCUT2D eigenvalue weighted by atomic mass is 35.5. The lowest BCUT2D eigenvalue weighted by Crippen LogP contribution is -2.25. The summed E-state index contributed by atoms with van der Waals surface area (Å²) < 4.78 is 1.64. The van der Waals surface area contributed by atoms with Gasteiger partial charge in [0.1, 0.15) is 0 Å². The molecule has 19 heavy (non-hydrogen) atoms. The fraction of sp³-hybridized carbons (Fsp3) is 0.286. The molecule has 0 aliphatic carbocycles. The van der Waals surface area contributed by atoms with Crippen LogP contribution in [0.2, 0.25) is 5.02 Å². The largest absolute Gasteiger partial charge is 0.352 e. The first kappa shape index (κ1) is 13.6. The zero-order valence-corrected chi connectivity index (χ0v) is 11.7. The van der Waals surface area contributed by atoms with Gasteiger partial charge < -0.3 is 5.32 Å². The SMILES string of the molecule is Cc1nn(C)cc1C(=O)NCCc1ccc(Cl)cc1. The van der Waals surface area contributed by atoms with Crippen molar-refractivity contribution in [1.82, 2.24) is 15.1 Å². The first-order chi connectivity index (χ1) is 9.06. The molecule has 5 heteroatoms. The molecule has 0 fully saturated rings. The maximum absolute atomic E-state index is 11.9. The molecule has 0 saturated carbocycles. The zero-order valence-electron chi connectivity index (χ0n) is 11.0. The molecule has 0 spiro atoms. The van der Waals surface area contributed by atoms with Crippen LogP contribution in [0.4, 0.5) is 0 Å². The number of benzene rings is 1. The molecular formula is C14H16ClN3O. The number of rotatable bonds is 4. The Bertz CT molecular complexity index is 575. The lowest BCUT2D eigenvalue weighted by Gasteiger charge is -2.04. The van der Waals surface area contributed by atoms with Crippen LogP contribution in [0.25, 0.3) is 0 Å². The summed E-state index contributed by atoms with van der Waals surface area (Å²) in [5.41, 5.74) is 2.51. The second kappa shape index (κ2) is 5.89. The number of aromatic nitrogens is 2. The summed E-state index contributed by atoms with van der Waals surface area (Å²) in [4.78, 5) is 11.9. The average molecular weight is 278 g/mol. The molecule has 2 rings (SSSR count). The van der Waals surface area contributed by atoms with Gasteiger partial charge in [0.05, 0.1) is 11.3 Å². The molecule has 4 nitrogen and oxygen atoms in total. The molecule has 0 unspecified atom stereocenters. The summed E-state index contributed by atoms with van der Waals surface area (Å²) in [5.74, 6) is -0.0837. The molecule has 1 N–H and O–H groups in total. The van der Waals surface area contributed by atoms with E-state index in [2.05, 4.69) is 10.4 Å². The Hall–Kier alpha value is -1.81. The van der Waals surface area contributed by atoms with Crippen molar-refractivity contribution in [3.63, 3.8) is 0 Å². The van der Waals surface area contributed by atoms with Crippen LogP contribution in [-0.4, -0.2) is 22.2 Å². The minimum Gasteiger partial charge on any atom is -0.352 e. The molecule has 1 amide bonds. The fourth-order valence-corrected chi connectivity index (χ4v) is 2.02. The molecule has 0 aliphatic rings. The van der Waals surface area contributed by atoms with Gasteiger partial charge in [-0.15, -0.1) is 0 Å². The Kier molecular flexibility index (Phi) is 4.22. The van der Waals surface area contributed by atoms with Crippen LogP contribution in [0.3, 0.4) is 0 Å². The Morgan fingerprint density at radius 3 is 2.63 bits per heavy atom. The van der Waals surface area contributed by atoms with Gasteiger partial charge in [0.15, 0.2) is 0 Å². The van der Waals surface area contributed by atoms with Gasteiger partial charge in [-0.3, -0.25) is 9.48 Å². The predicted molar refractivity (Wildman–Crippen MR) is 75.4 cm³/mol. The van der Waals surface area contributed by atoms with Crippen LogP contribution in [0.1, 0.15) is 21.6 Å². The maximum Gasteiger partial charge on any atom is 0.254 e. The van der Waals surface area contributed by atoms with Crippen LogP contribution in [-0.2, 0) is 13.5 Å². The van der Waals surface area contributed by atoms with E-state index < -0.39 is 0 Å². The lowest BCUT2D eigenvalue weighted by atomic mass is 10.1. The van der Waals surface area contributed by atoms with E-state index in [1.807, 2.05) is 31.2 Å². The molecule has 0 bridgehead atoms. The first-order valence-corrected chi connectivity index (χ1v) is 6.47. The van der Waals surface area contributed by atoms with Crippen LogP contribution in [0.15, 0.2) is 30.5 Å². The molecule has 100 valence electrons. The number of aryl methyl sites for hydroxylation is 2. The number of carbonyl (C=O) groups is 1. The maximum atomic E-state index is 11.9. The van der Waals surface area contributed by atoms with Gasteiger partial charge in [0.2, 0.25) is 0 Å². The number of nitrogens with one attached hydrogen (secondary N) is 1. The van der Waals surface area contributed by atoms with Crippen molar-refractivity contribution in [3.05, 3.63) is 52.3 Å². The fourth-order valence-electron chi connectivity index (χ4n) is 1.89. The molecule has 1 heterocycles. The first-order valence-electron chi connectivity index (χ1n) is 6.09. The zero-order chi connectivity index (χ0) is 13.8. The van der Waals surface area contributed by atoms with Crippen LogP contribution in [0, 0.1) is 6.92 Å². The Morgan fingerprint density at radius 2 is 2.05 bits per heavy atom. The van der Waals surface area contributed by atoms with Gasteiger partial charge in [-0.2, -0.15) is 5.10 Å². The van der Waals surface area contributed by atoms with Crippen molar-refractivity contribution in [2.24, 2.45) is 7.05 Å². The van der Waals surface area contributed by atoms with E-state index >= 15 is 0 Å². The molecule has 0 atom stereocenters. The van der Waals surface area contributed by atoms with Crippen molar-refractivity contribution in [2.45, 2.75) is 13.3 Å². The van der Waals surface area contributed by atoms with Gasteiger partial charge in [0, 0.05) is 24.8 Å². The van der Waals surface area contributed by atoms with Gasteiger partial charge in [-0.25, -0.2) is 0 Å². The highest BCUT2D eigenvalue weighted by Crippen LogP contribution is 2.09. The molecule has 2 aromatic rings. The summed E-state index contributed by atoms with van der Waals surface area (Å²) in [7, 11) is 1.80. The summed E-state index contributed by atoms with van der Waals surface area (Å²) in [6.07, 6.45) is 2.51. The van der Waals surface area contributed by atoms with Crippen LogP contribution >= 0.6 is 11.6 Å². The van der Waals surface area contributed by atoms with Crippen molar-refractivity contribution < 1.29 is 4.79 Å². The second-order valence-electron chi connectivity index (χ2n) is 4.43. The third-order valence-electron chi connectivity index (χ3n) is 2.87. The normalized spacial score (nSPS) is 10.5. The molecule has 0 aliphatic heterocycles. The predicted octanol–water partition coefficient (Wildman–Crippen LogP) is 2.35. The number of hydrogen-bond acceptors (Lipinski definition) is 2. The standard InChI is InChI=1S/C14H16ClN3O/c1-10-13(9-18(2)17-10)14(19)16-8-7-11-3-5-12(15)6-4-11/h3-6,9H,7-8H2,1-2H3,(H,16,19).